The minimum Gasteiger partial charge on any atom is -0.489 e. The largest absolute Gasteiger partial charge is 0.489 e. The first-order chi connectivity index (χ1) is 17.6. The van der Waals surface area contributed by atoms with E-state index in [9.17, 15) is 8.78 Å². The quantitative estimate of drug-likeness (QED) is 0.383. The number of rotatable bonds is 3. The summed E-state index contributed by atoms with van der Waals surface area (Å²) in [5.41, 5.74) is 3.28. The molecule has 0 amide bonds. The van der Waals surface area contributed by atoms with E-state index in [1.165, 1.54) is 12.1 Å². The number of halogens is 2. The van der Waals surface area contributed by atoms with Gasteiger partial charge in [-0.3, -0.25) is 0 Å². The van der Waals surface area contributed by atoms with Gasteiger partial charge in [-0.05, 0) is 37.1 Å². The second-order valence-electron chi connectivity index (χ2n) is 9.08. The molecule has 2 aliphatic rings. The van der Waals surface area contributed by atoms with E-state index in [0.29, 0.717) is 54.1 Å². The van der Waals surface area contributed by atoms with Gasteiger partial charge in [0.05, 0.1) is 42.0 Å². The standard InChI is InChI=1S/C26H22F2N6O2/c27-15-4-5-18(28)16(11-15)21-3-1-7-33(21)24-6-8-34-26(32-24)17(14-29-34)25-30-19-12-22-23(13-20(19)31-25)36-10-2-9-35-22/h4-6,8,11-14,21H,1-3,7,9-10H2,(H,30,31)/t21-/m1/s1. The highest BCUT2D eigenvalue weighted by Gasteiger charge is 2.30. The Morgan fingerprint density at radius 3 is 2.72 bits per heavy atom. The molecule has 0 aliphatic carbocycles. The second kappa shape index (κ2) is 8.18. The molecular weight excluding hydrogens is 466 g/mol. The smallest absolute Gasteiger partial charge is 0.168 e. The molecule has 0 bridgehead atoms. The van der Waals surface area contributed by atoms with Gasteiger partial charge in [0.25, 0.3) is 0 Å². The van der Waals surface area contributed by atoms with Gasteiger partial charge in [-0.1, -0.05) is 0 Å². The van der Waals surface area contributed by atoms with E-state index in [2.05, 4.69) is 10.1 Å². The van der Waals surface area contributed by atoms with Gasteiger partial charge < -0.3 is 19.4 Å². The minimum absolute atomic E-state index is 0.288. The number of anilines is 1. The maximum Gasteiger partial charge on any atom is 0.168 e. The van der Waals surface area contributed by atoms with Crippen molar-refractivity contribution in [3.63, 3.8) is 0 Å². The third-order valence-electron chi connectivity index (χ3n) is 6.82. The highest BCUT2D eigenvalue weighted by molar-refractivity contribution is 5.85. The molecule has 0 saturated carbocycles. The topological polar surface area (TPSA) is 80.6 Å². The van der Waals surface area contributed by atoms with Crippen molar-refractivity contribution in [3.8, 4) is 22.9 Å². The van der Waals surface area contributed by atoms with Crippen LogP contribution < -0.4 is 14.4 Å². The number of nitrogens with zero attached hydrogens (tertiary/aromatic N) is 5. The van der Waals surface area contributed by atoms with Crippen molar-refractivity contribution in [2.75, 3.05) is 24.7 Å². The third kappa shape index (κ3) is 3.43. The van der Waals surface area contributed by atoms with Crippen LogP contribution in [0.3, 0.4) is 0 Å². The first kappa shape index (κ1) is 21.1. The van der Waals surface area contributed by atoms with Crippen LogP contribution in [0.1, 0.15) is 30.9 Å². The summed E-state index contributed by atoms with van der Waals surface area (Å²) in [6.07, 6.45) is 5.96. The molecule has 10 heteroatoms. The summed E-state index contributed by atoms with van der Waals surface area (Å²) < 4.78 is 41.8. The lowest BCUT2D eigenvalue weighted by Gasteiger charge is -2.26. The zero-order valence-electron chi connectivity index (χ0n) is 19.2. The molecule has 2 aliphatic heterocycles. The molecule has 1 fully saturated rings. The van der Waals surface area contributed by atoms with Crippen LogP contribution in [0.5, 0.6) is 11.5 Å². The molecule has 2 aromatic carbocycles. The van der Waals surface area contributed by atoms with Crippen LogP contribution >= 0.6 is 0 Å². The molecule has 7 rings (SSSR count). The van der Waals surface area contributed by atoms with Crippen LogP contribution in [0.2, 0.25) is 0 Å². The molecular formula is C26H22F2N6O2. The summed E-state index contributed by atoms with van der Waals surface area (Å²) in [5.74, 6) is 1.83. The van der Waals surface area contributed by atoms with Crippen LogP contribution in [0.4, 0.5) is 14.6 Å². The lowest BCUT2D eigenvalue weighted by molar-refractivity contribution is 0.297. The zero-order chi connectivity index (χ0) is 24.2. The molecule has 36 heavy (non-hydrogen) atoms. The van der Waals surface area contributed by atoms with Crippen LogP contribution in [0.15, 0.2) is 48.8 Å². The monoisotopic (exact) mass is 488 g/mol. The van der Waals surface area contributed by atoms with Gasteiger partial charge in [0.2, 0.25) is 0 Å². The maximum atomic E-state index is 14.6. The number of hydrogen-bond donors (Lipinski definition) is 1. The number of nitrogens with one attached hydrogen (secondary N) is 1. The average molecular weight is 488 g/mol. The summed E-state index contributed by atoms with van der Waals surface area (Å²) >= 11 is 0. The molecule has 5 heterocycles. The molecule has 5 aromatic rings. The van der Waals surface area contributed by atoms with Crippen molar-refractivity contribution in [1.82, 2.24) is 24.6 Å². The fourth-order valence-corrected chi connectivity index (χ4v) is 5.11. The van der Waals surface area contributed by atoms with Gasteiger partial charge in [0.15, 0.2) is 17.1 Å². The Hall–Kier alpha value is -4.21. The first-order valence-corrected chi connectivity index (χ1v) is 12.0. The Morgan fingerprint density at radius 2 is 1.83 bits per heavy atom. The van der Waals surface area contributed by atoms with E-state index in [-0.39, 0.29) is 6.04 Å². The number of fused-ring (bicyclic) bond motifs is 3. The van der Waals surface area contributed by atoms with E-state index < -0.39 is 11.6 Å². The molecule has 1 atom stereocenters. The van der Waals surface area contributed by atoms with E-state index >= 15 is 0 Å². The number of hydrogen-bond acceptors (Lipinski definition) is 6. The van der Waals surface area contributed by atoms with E-state index in [4.69, 9.17) is 19.4 Å². The predicted octanol–water partition coefficient (Wildman–Crippen LogP) is 5.05. The lowest BCUT2D eigenvalue weighted by atomic mass is 10.0. The number of aromatic nitrogens is 5. The lowest BCUT2D eigenvalue weighted by Crippen LogP contribution is -2.24. The first-order valence-electron chi connectivity index (χ1n) is 12.0. The Bertz CT molecular complexity index is 1570. The minimum atomic E-state index is -0.447. The zero-order valence-corrected chi connectivity index (χ0v) is 19.2. The fourth-order valence-electron chi connectivity index (χ4n) is 5.11. The van der Waals surface area contributed by atoms with E-state index in [1.807, 2.05) is 29.3 Å². The Morgan fingerprint density at radius 1 is 0.972 bits per heavy atom. The SMILES string of the molecule is Fc1ccc(F)c([C@H]2CCCN2c2ccn3ncc(-c4nc5cc6c(cc5[nH]4)OCCCO6)c3n2)c1. The molecule has 182 valence electrons. The normalized spacial score (nSPS) is 17.7. The van der Waals surface area contributed by atoms with Crippen molar-refractivity contribution in [1.29, 1.82) is 0 Å². The van der Waals surface area contributed by atoms with Crippen LogP contribution in [-0.2, 0) is 0 Å². The molecule has 1 N–H and O–H groups in total. The van der Waals surface area contributed by atoms with Gasteiger partial charge in [-0.15, -0.1) is 0 Å². The Balaban J connectivity index is 1.28. The fraction of sp³-hybridized carbons (Fsp3) is 0.269. The Labute approximate surface area is 204 Å². The van der Waals surface area contributed by atoms with Crippen molar-refractivity contribution in [2.24, 2.45) is 0 Å². The highest BCUT2D eigenvalue weighted by Crippen LogP contribution is 2.38. The van der Waals surface area contributed by atoms with Gasteiger partial charge in [-0.2, -0.15) is 5.10 Å². The van der Waals surface area contributed by atoms with Gasteiger partial charge in [0, 0.05) is 36.9 Å². The maximum absolute atomic E-state index is 14.6. The number of benzene rings is 2. The molecule has 0 spiro atoms. The van der Waals surface area contributed by atoms with Crippen LogP contribution in [0, 0.1) is 11.6 Å². The van der Waals surface area contributed by atoms with Crippen molar-refractivity contribution >= 4 is 22.5 Å². The van der Waals surface area contributed by atoms with Crippen molar-refractivity contribution in [2.45, 2.75) is 25.3 Å². The van der Waals surface area contributed by atoms with Gasteiger partial charge in [-0.25, -0.2) is 23.3 Å². The summed E-state index contributed by atoms with van der Waals surface area (Å²) in [4.78, 5) is 15.0. The number of H-pyrrole nitrogens is 1. The molecule has 8 nitrogen and oxygen atoms in total. The molecule has 0 radical (unpaired) electrons. The molecule has 3 aromatic heterocycles. The van der Waals surface area contributed by atoms with Crippen molar-refractivity contribution < 1.29 is 18.3 Å². The van der Waals surface area contributed by atoms with E-state index in [0.717, 1.165) is 41.9 Å². The summed E-state index contributed by atoms with van der Waals surface area (Å²) in [5, 5.41) is 4.44. The number of ether oxygens (including phenoxy) is 2. The average Bonchev–Trinajstić information content (AvgIpc) is 3.58. The molecule has 0 unspecified atom stereocenters. The molecule has 1 saturated heterocycles. The van der Waals surface area contributed by atoms with Crippen LogP contribution in [0.25, 0.3) is 28.1 Å². The highest BCUT2D eigenvalue weighted by atomic mass is 19.1. The van der Waals surface area contributed by atoms with Gasteiger partial charge in [0.1, 0.15) is 23.3 Å². The predicted molar refractivity (Wildman–Crippen MR) is 129 cm³/mol. The Kier molecular flexibility index (Phi) is 4.80. The summed E-state index contributed by atoms with van der Waals surface area (Å²) in [7, 11) is 0. The van der Waals surface area contributed by atoms with E-state index in [1.54, 1.807) is 10.7 Å². The summed E-state index contributed by atoms with van der Waals surface area (Å²) in [6.45, 7) is 1.91. The van der Waals surface area contributed by atoms with Crippen molar-refractivity contribution in [3.05, 3.63) is 66.0 Å². The summed E-state index contributed by atoms with van der Waals surface area (Å²) in [6, 6.07) is 8.95. The van der Waals surface area contributed by atoms with Crippen LogP contribution in [-0.4, -0.2) is 44.3 Å². The second-order valence-corrected chi connectivity index (χ2v) is 9.08. The number of aromatic amines is 1. The number of imidazole rings is 1. The van der Waals surface area contributed by atoms with Gasteiger partial charge >= 0.3 is 0 Å². The third-order valence-corrected chi connectivity index (χ3v) is 6.82.